The number of hydrogen-bond acceptors (Lipinski definition) is 2. The Morgan fingerprint density at radius 1 is 1.07 bits per heavy atom. The van der Waals surface area contributed by atoms with E-state index in [4.69, 9.17) is 0 Å². The number of hydrogen-bond donors (Lipinski definition) is 0. The molecule has 0 atom stereocenters. The normalized spacial score (nSPS) is 17.6. The molecule has 1 fully saturated rings. The standard InChI is InChI=1S/C11H14Br2N2/c12-9-7-10(13)11(14-8-9)15-5-3-1-2-4-6-15/h7-8H,1-6H2. The van der Waals surface area contributed by atoms with E-state index in [-0.39, 0.29) is 0 Å². The van der Waals surface area contributed by atoms with Gasteiger partial charge in [0.15, 0.2) is 0 Å². The molecule has 0 amide bonds. The van der Waals surface area contributed by atoms with Crippen LogP contribution in [0.25, 0.3) is 0 Å². The molecule has 1 aromatic rings. The summed E-state index contributed by atoms with van der Waals surface area (Å²) >= 11 is 7.00. The first kappa shape index (κ1) is 11.4. The van der Waals surface area contributed by atoms with Gasteiger partial charge >= 0.3 is 0 Å². The minimum absolute atomic E-state index is 1.02. The zero-order chi connectivity index (χ0) is 10.7. The Hall–Kier alpha value is -0.0900. The Morgan fingerprint density at radius 3 is 2.33 bits per heavy atom. The number of pyridine rings is 1. The fourth-order valence-corrected chi connectivity index (χ4v) is 3.16. The van der Waals surface area contributed by atoms with Crippen molar-refractivity contribution in [3.05, 3.63) is 21.2 Å². The third kappa shape index (κ3) is 2.94. The highest BCUT2D eigenvalue weighted by molar-refractivity contribution is 9.11. The summed E-state index contributed by atoms with van der Waals surface area (Å²) in [6, 6.07) is 2.06. The van der Waals surface area contributed by atoms with Crippen molar-refractivity contribution < 1.29 is 0 Å². The monoisotopic (exact) mass is 332 g/mol. The van der Waals surface area contributed by atoms with Crippen LogP contribution < -0.4 is 4.90 Å². The van der Waals surface area contributed by atoms with Crippen LogP contribution in [0.5, 0.6) is 0 Å². The van der Waals surface area contributed by atoms with Crippen molar-refractivity contribution in [1.29, 1.82) is 0 Å². The molecule has 15 heavy (non-hydrogen) atoms. The Balaban J connectivity index is 2.19. The number of anilines is 1. The summed E-state index contributed by atoms with van der Waals surface area (Å²) in [5, 5.41) is 0. The van der Waals surface area contributed by atoms with Crippen molar-refractivity contribution in [2.75, 3.05) is 18.0 Å². The maximum atomic E-state index is 4.48. The van der Waals surface area contributed by atoms with Gasteiger partial charge in [-0.3, -0.25) is 0 Å². The van der Waals surface area contributed by atoms with Gasteiger partial charge in [0, 0.05) is 23.8 Å². The van der Waals surface area contributed by atoms with Crippen LogP contribution in [0.4, 0.5) is 5.82 Å². The van der Waals surface area contributed by atoms with E-state index in [1.54, 1.807) is 0 Å². The molecule has 0 N–H and O–H groups in total. The first-order valence-electron chi connectivity index (χ1n) is 5.33. The van der Waals surface area contributed by atoms with Gasteiger partial charge in [0.25, 0.3) is 0 Å². The summed E-state index contributed by atoms with van der Waals surface area (Å²) in [6.45, 7) is 2.26. The molecular formula is C11H14Br2N2. The lowest BCUT2D eigenvalue weighted by molar-refractivity contribution is 0.726. The number of rotatable bonds is 1. The molecule has 1 saturated heterocycles. The average Bonchev–Trinajstić information content (AvgIpc) is 2.46. The molecule has 2 nitrogen and oxygen atoms in total. The molecule has 2 heterocycles. The Kier molecular flexibility index (Phi) is 4.03. The van der Waals surface area contributed by atoms with Gasteiger partial charge in [-0.15, -0.1) is 0 Å². The van der Waals surface area contributed by atoms with E-state index in [2.05, 4.69) is 47.8 Å². The summed E-state index contributed by atoms with van der Waals surface area (Å²) in [5.41, 5.74) is 0. The van der Waals surface area contributed by atoms with Gasteiger partial charge in [0.05, 0.1) is 4.47 Å². The second kappa shape index (κ2) is 5.30. The predicted molar refractivity (Wildman–Crippen MR) is 70.3 cm³/mol. The molecule has 4 heteroatoms. The summed E-state index contributed by atoms with van der Waals surface area (Å²) in [4.78, 5) is 6.85. The third-order valence-electron chi connectivity index (χ3n) is 2.69. The van der Waals surface area contributed by atoms with Gasteiger partial charge in [-0.25, -0.2) is 4.98 Å². The van der Waals surface area contributed by atoms with Gasteiger partial charge < -0.3 is 4.90 Å². The van der Waals surface area contributed by atoms with Crippen molar-refractivity contribution in [2.24, 2.45) is 0 Å². The Morgan fingerprint density at radius 2 is 1.73 bits per heavy atom. The Labute approximate surface area is 107 Å². The second-order valence-electron chi connectivity index (χ2n) is 3.86. The molecule has 0 unspecified atom stereocenters. The van der Waals surface area contributed by atoms with E-state index in [0.717, 1.165) is 27.9 Å². The van der Waals surface area contributed by atoms with E-state index < -0.39 is 0 Å². The molecule has 0 aromatic carbocycles. The molecular weight excluding hydrogens is 320 g/mol. The highest BCUT2D eigenvalue weighted by atomic mass is 79.9. The van der Waals surface area contributed by atoms with Crippen molar-refractivity contribution in [2.45, 2.75) is 25.7 Å². The van der Waals surface area contributed by atoms with E-state index in [1.165, 1.54) is 25.7 Å². The Bertz CT molecular complexity index is 333. The van der Waals surface area contributed by atoms with E-state index in [1.807, 2.05) is 6.20 Å². The lowest BCUT2D eigenvalue weighted by Gasteiger charge is -2.22. The van der Waals surface area contributed by atoms with E-state index in [0.29, 0.717) is 0 Å². The molecule has 0 saturated carbocycles. The fraction of sp³-hybridized carbons (Fsp3) is 0.545. The minimum Gasteiger partial charge on any atom is -0.356 e. The summed E-state index contributed by atoms with van der Waals surface area (Å²) < 4.78 is 2.10. The molecule has 0 aliphatic carbocycles. The van der Waals surface area contributed by atoms with Gasteiger partial charge in [-0.1, -0.05) is 12.8 Å². The quantitative estimate of drug-likeness (QED) is 0.772. The predicted octanol–water partition coefficient (Wildman–Crippen LogP) is 3.99. The molecule has 1 aliphatic rings. The van der Waals surface area contributed by atoms with Gasteiger partial charge in [0.2, 0.25) is 0 Å². The maximum absolute atomic E-state index is 4.48. The van der Waals surface area contributed by atoms with Crippen molar-refractivity contribution in [3.8, 4) is 0 Å². The van der Waals surface area contributed by atoms with E-state index in [9.17, 15) is 0 Å². The molecule has 82 valence electrons. The molecule has 0 radical (unpaired) electrons. The lowest BCUT2D eigenvalue weighted by atomic mass is 10.2. The second-order valence-corrected chi connectivity index (χ2v) is 5.63. The van der Waals surface area contributed by atoms with Crippen LogP contribution in [0.3, 0.4) is 0 Å². The van der Waals surface area contributed by atoms with Crippen LogP contribution >= 0.6 is 31.9 Å². The minimum atomic E-state index is 1.02. The first-order chi connectivity index (χ1) is 7.27. The lowest BCUT2D eigenvalue weighted by Crippen LogP contribution is -2.25. The van der Waals surface area contributed by atoms with Crippen LogP contribution in [-0.2, 0) is 0 Å². The molecule has 0 bridgehead atoms. The highest BCUT2D eigenvalue weighted by Crippen LogP contribution is 2.28. The molecule has 2 rings (SSSR count). The zero-order valence-electron chi connectivity index (χ0n) is 8.55. The zero-order valence-corrected chi connectivity index (χ0v) is 11.7. The van der Waals surface area contributed by atoms with Gasteiger partial charge in [0.1, 0.15) is 5.82 Å². The summed E-state index contributed by atoms with van der Waals surface area (Å²) in [6.07, 6.45) is 7.13. The molecule has 1 aromatic heterocycles. The fourth-order valence-electron chi connectivity index (χ4n) is 1.92. The number of aromatic nitrogens is 1. The first-order valence-corrected chi connectivity index (χ1v) is 6.92. The number of halogens is 2. The van der Waals surface area contributed by atoms with Crippen molar-refractivity contribution >= 4 is 37.7 Å². The molecule has 0 spiro atoms. The van der Waals surface area contributed by atoms with Gasteiger partial charge in [-0.2, -0.15) is 0 Å². The average molecular weight is 334 g/mol. The molecule has 1 aliphatic heterocycles. The third-order valence-corrected chi connectivity index (χ3v) is 3.71. The van der Waals surface area contributed by atoms with Crippen LogP contribution in [-0.4, -0.2) is 18.1 Å². The number of nitrogens with zero attached hydrogens (tertiary/aromatic N) is 2. The van der Waals surface area contributed by atoms with Crippen LogP contribution in [0, 0.1) is 0 Å². The van der Waals surface area contributed by atoms with Crippen molar-refractivity contribution in [1.82, 2.24) is 4.98 Å². The van der Waals surface area contributed by atoms with E-state index >= 15 is 0 Å². The van der Waals surface area contributed by atoms with Gasteiger partial charge in [-0.05, 0) is 50.8 Å². The topological polar surface area (TPSA) is 16.1 Å². The van der Waals surface area contributed by atoms with Crippen LogP contribution in [0.1, 0.15) is 25.7 Å². The van der Waals surface area contributed by atoms with Crippen LogP contribution in [0.15, 0.2) is 21.2 Å². The smallest absolute Gasteiger partial charge is 0.142 e. The maximum Gasteiger partial charge on any atom is 0.142 e. The van der Waals surface area contributed by atoms with Crippen molar-refractivity contribution in [3.63, 3.8) is 0 Å². The van der Waals surface area contributed by atoms with Crippen LogP contribution in [0.2, 0.25) is 0 Å². The largest absolute Gasteiger partial charge is 0.356 e. The summed E-state index contributed by atoms with van der Waals surface area (Å²) in [5.74, 6) is 1.08. The summed E-state index contributed by atoms with van der Waals surface area (Å²) in [7, 11) is 0. The SMILES string of the molecule is Brc1cnc(N2CCCCCC2)c(Br)c1. The highest BCUT2D eigenvalue weighted by Gasteiger charge is 2.13.